The molecule has 0 aliphatic rings. The van der Waals surface area contributed by atoms with E-state index in [0.717, 1.165) is 0 Å². The summed E-state index contributed by atoms with van der Waals surface area (Å²) in [4.78, 5) is 0. The molecule has 7 aromatic carbocycles. The largest absolute Gasteiger partial charge is 0.0656 e. The zero-order valence-corrected chi connectivity index (χ0v) is 24.4. The molecule has 0 unspecified atom stereocenters. The van der Waals surface area contributed by atoms with Gasteiger partial charge in [-0.05, 0) is 90.7 Å². The molecule has 0 aromatic heterocycles. The third kappa shape index (κ3) is 4.81. The van der Waals surface area contributed by atoms with Crippen LogP contribution in [0.4, 0.5) is 0 Å². The monoisotopic (exact) mass is 528 g/mol. The summed E-state index contributed by atoms with van der Waals surface area (Å²) in [6, 6.07) is 48.7. The van der Waals surface area contributed by atoms with E-state index in [1.165, 1.54) is 83.2 Å². The first-order chi connectivity index (χ1) is 20.1. The van der Waals surface area contributed by atoms with Crippen LogP contribution in [0.5, 0.6) is 0 Å². The lowest BCUT2D eigenvalue weighted by Crippen LogP contribution is -1.93. The van der Waals surface area contributed by atoms with Crippen molar-refractivity contribution in [2.75, 3.05) is 0 Å². The fourth-order valence-electron chi connectivity index (χ4n) is 6.20. The molecule has 0 saturated carbocycles. The first-order valence-corrected chi connectivity index (χ1v) is 14.7. The maximum atomic E-state index is 2.38. The highest BCUT2D eigenvalue weighted by Gasteiger charge is 2.17. The van der Waals surface area contributed by atoms with Gasteiger partial charge in [0.2, 0.25) is 0 Å². The van der Waals surface area contributed by atoms with Crippen LogP contribution in [0.1, 0.15) is 31.4 Å². The first kappa shape index (κ1) is 26.5. The predicted molar refractivity (Wildman–Crippen MR) is 181 cm³/mol. The number of hydrogen-bond acceptors (Lipinski definition) is 0. The maximum Gasteiger partial charge on any atom is -0.00263 e. The van der Waals surface area contributed by atoms with Gasteiger partial charge in [0, 0.05) is 0 Å². The highest BCUT2D eigenvalue weighted by atomic mass is 14.2. The SMILES string of the molecule is CCC.Cc1cc(-c2c3ccccc3c(-c3ccccc3)c3ccccc23)ccc1-c1ccc2ccccc2c1C. The second-order valence-corrected chi connectivity index (χ2v) is 10.9. The van der Waals surface area contributed by atoms with Crippen molar-refractivity contribution in [3.05, 3.63) is 145 Å². The highest BCUT2D eigenvalue weighted by molar-refractivity contribution is 6.21. The minimum atomic E-state index is 1.25. The van der Waals surface area contributed by atoms with E-state index < -0.39 is 0 Å². The lowest BCUT2D eigenvalue weighted by atomic mass is 9.85. The van der Waals surface area contributed by atoms with E-state index in [1.807, 2.05) is 0 Å². The molecule has 0 radical (unpaired) electrons. The van der Waals surface area contributed by atoms with Crippen molar-refractivity contribution >= 4 is 32.3 Å². The van der Waals surface area contributed by atoms with E-state index in [4.69, 9.17) is 0 Å². The van der Waals surface area contributed by atoms with Crippen molar-refractivity contribution in [2.24, 2.45) is 0 Å². The molecule has 0 amide bonds. The van der Waals surface area contributed by atoms with Crippen LogP contribution in [-0.2, 0) is 0 Å². The summed E-state index contributed by atoms with van der Waals surface area (Å²) in [5, 5.41) is 7.78. The third-order valence-electron chi connectivity index (χ3n) is 8.00. The Morgan fingerprint density at radius 2 is 0.878 bits per heavy atom. The molecule has 0 bridgehead atoms. The minimum absolute atomic E-state index is 1.25. The molecule has 0 atom stereocenters. The van der Waals surface area contributed by atoms with Gasteiger partial charge < -0.3 is 0 Å². The molecular weight excluding hydrogens is 492 g/mol. The van der Waals surface area contributed by atoms with Gasteiger partial charge in [0.1, 0.15) is 0 Å². The molecule has 200 valence electrons. The van der Waals surface area contributed by atoms with Crippen molar-refractivity contribution in [1.82, 2.24) is 0 Å². The van der Waals surface area contributed by atoms with Gasteiger partial charge in [-0.3, -0.25) is 0 Å². The minimum Gasteiger partial charge on any atom is -0.0656 e. The Kier molecular flexibility index (Phi) is 7.40. The van der Waals surface area contributed by atoms with Gasteiger partial charge in [0.05, 0.1) is 0 Å². The molecular formula is C41H36. The molecule has 0 aliphatic carbocycles. The van der Waals surface area contributed by atoms with Crippen LogP contribution in [0.3, 0.4) is 0 Å². The molecule has 0 heterocycles. The summed E-state index contributed by atoms with van der Waals surface area (Å²) in [7, 11) is 0. The number of hydrogen-bond donors (Lipinski definition) is 0. The average Bonchev–Trinajstić information content (AvgIpc) is 3.01. The van der Waals surface area contributed by atoms with Crippen LogP contribution >= 0.6 is 0 Å². The Hall–Kier alpha value is -4.68. The van der Waals surface area contributed by atoms with Crippen LogP contribution in [0, 0.1) is 13.8 Å². The lowest BCUT2D eigenvalue weighted by molar-refractivity contribution is 1.09. The van der Waals surface area contributed by atoms with E-state index in [0.29, 0.717) is 0 Å². The fraction of sp³-hybridized carbons (Fsp3) is 0.122. The number of aryl methyl sites for hydroxylation is 2. The molecule has 0 saturated heterocycles. The summed E-state index contributed by atoms with van der Waals surface area (Å²) in [6.07, 6.45) is 1.25. The maximum absolute atomic E-state index is 2.38. The Morgan fingerprint density at radius 1 is 0.415 bits per heavy atom. The van der Waals surface area contributed by atoms with Crippen LogP contribution in [0.2, 0.25) is 0 Å². The van der Waals surface area contributed by atoms with E-state index in [-0.39, 0.29) is 0 Å². The molecule has 7 aromatic rings. The number of rotatable bonds is 3. The summed E-state index contributed by atoms with van der Waals surface area (Å²) < 4.78 is 0. The van der Waals surface area contributed by atoms with E-state index >= 15 is 0 Å². The number of fused-ring (bicyclic) bond motifs is 3. The summed E-state index contributed by atoms with van der Waals surface area (Å²) in [6.45, 7) is 8.74. The molecule has 0 spiro atoms. The predicted octanol–water partition coefficient (Wildman–Crippen LogP) is 12.2. The van der Waals surface area contributed by atoms with Crippen molar-refractivity contribution < 1.29 is 0 Å². The zero-order valence-electron chi connectivity index (χ0n) is 24.4. The van der Waals surface area contributed by atoms with Crippen LogP contribution in [-0.4, -0.2) is 0 Å². The summed E-state index contributed by atoms with van der Waals surface area (Å²) >= 11 is 0. The molecule has 7 rings (SSSR count). The van der Waals surface area contributed by atoms with Crippen LogP contribution in [0.15, 0.2) is 133 Å². The molecule has 0 fully saturated rings. The second kappa shape index (κ2) is 11.4. The Labute approximate surface area is 243 Å². The Balaban J connectivity index is 0.000000967. The molecule has 0 heteroatoms. The Morgan fingerprint density at radius 3 is 1.44 bits per heavy atom. The van der Waals surface area contributed by atoms with Gasteiger partial charge in [-0.2, -0.15) is 0 Å². The van der Waals surface area contributed by atoms with Gasteiger partial charge in [0.25, 0.3) is 0 Å². The second-order valence-electron chi connectivity index (χ2n) is 10.9. The van der Waals surface area contributed by atoms with Crippen molar-refractivity contribution in [3.63, 3.8) is 0 Å². The van der Waals surface area contributed by atoms with Gasteiger partial charge in [0.15, 0.2) is 0 Å². The van der Waals surface area contributed by atoms with Crippen LogP contribution in [0.25, 0.3) is 65.7 Å². The van der Waals surface area contributed by atoms with E-state index in [2.05, 4.69) is 161 Å². The zero-order chi connectivity index (χ0) is 28.3. The van der Waals surface area contributed by atoms with Gasteiger partial charge in [-0.15, -0.1) is 0 Å². The molecule has 41 heavy (non-hydrogen) atoms. The highest BCUT2D eigenvalue weighted by Crippen LogP contribution is 2.44. The number of benzene rings is 7. The molecule has 0 N–H and O–H groups in total. The smallest absolute Gasteiger partial charge is 0.00263 e. The topological polar surface area (TPSA) is 0 Å². The normalized spacial score (nSPS) is 11.0. The van der Waals surface area contributed by atoms with Gasteiger partial charge in [-0.25, -0.2) is 0 Å². The van der Waals surface area contributed by atoms with Crippen molar-refractivity contribution in [2.45, 2.75) is 34.1 Å². The Bertz CT molecular complexity index is 1940. The summed E-state index contributed by atoms with van der Waals surface area (Å²) in [5.74, 6) is 0. The quantitative estimate of drug-likeness (QED) is 0.200. The molecule has 0 nitrogen and oxygen atoms in total. The van der Waals surface area contributed by atoms with E-state index in [1.54, 1.807) is 0 Å². The van der Waals surface area contributed by atoms with E-state index in [9.17, 15) is 0 Å². The summed E-state index contributed by atoms with van der Waals surface area (Å²) in [5.41, 5.74) is 10.4. The van der Waals surface area contributed by atoms with Crippen molar-refractivity contribution in [3.8, 4) is 33.4 Å². The third-order valence-corrected chi connectivity index (χ3v) is 8.00. The molecule has 0 aliphatic heterocycles. The standard InChI is InChI=1S/C38H28.C3H8/c1-25-24-29(21-22-30(25)32-23-20-27-12-6-7-15-31(27)26(32)2)38-35-18-10-8-16-33(35)37(28-13-4-3-5-14-28)34-17-9-11-19-36(34)38;1-3-2/h3-24H,1-2H3;3H2,1-2H3. The van der Waals surface area contributed by atoms with Gasteiger partial charge in [-0.1, -0.05) is 154 Å². The fourth-order valence-corrected chi connectivity index (χ4v) is 6.20. The lowest BCUT2D eigenvalue weighted by Gasteiger charge is -2.19. The van der Waals surface area contributed by atoms with Crippen molar-refractivity contribution in [1.29, 1.82) is 0 Å². The van der Waals surface area contributed by atoms with Gasteiger partial charge >= 0.3 is 0 Å². The van der Waals surface area contributed by atoms with Crippen LogP contribution < -0.4 is 0 Å². The first-order valence-electron chi connectivity index (χ1n) is 14.7. The average molecular weight is 529 g/mol.